The summed E-state index contributed by atoms with van der Waals surface area (Å²) in [5, 5.41) is 20.2. The van der Waals surface area contributed by atoms with Crippen LogP contribution in [0.4, 0.5) is 11.4 Å². The highest BCUT2D eigenvalue weighted by molar-refractivity contribution is 8.93. The van der Waals surface area contributed by atoms with Crippen LogP contribution in [-0.4, -0.2) is 70.5 Å². The summed E-state index contributed by atoms with van der Waals surface area (Å²) < 4.78 is 5.35. The van der Waals surface area contributed by atoms with Crippen molar-refractivity contribution in [3.63, 3.8) is 0 Å². The average molecular weight is 586 g/mol. The maximum atomic E-state index is 13.5. The molecule has 1 aliphatic heterocycles. The van der Waals surface area contributed by atoms with E-state index in [1.54, 1.807) is 18.0 Å². The minimum atomic E-state index is -0.219. The van der Waals surface area contributed by atoms with Gasteiger partial charge in [-0.3, -0.25) is 15.0 Å². The fourth-order valence-corrected chi connectivity index (χ4v) is 4.25. The summed E-state index contributed by atoms with van der Waals surface area (Å²) in [6.45, 7) is 6.94. The zero-order valence-electron chi connectivity index (χ0n) is 23.1. The molecule has 3 rings (SSSR count). The van der Waals surface area contributed by atoms with E-state index in [0.717, 1.165) is 22.5 Å². The predicted molar refractivity (Wildman–Crippen MR) is 156 cm³/mol. The van der Waals surface area contributed by atoms with Crippen molar-refractivity contribution in [2.75, 3.05) is 57.9 Å². The van der Waals surface area contributed by atoms with Gasteiger partial charge >= 0.3 is 0 Å². The van der Waals surface area contributed by atoms with Gasteiger partial charge in [-0.1, -0.05) is 20.8 Å². The lowest BCUT2D eigenvalue weighted by atomic mass is 9.85. The minimum absolute atomic E-state index is 0. The highest BCUT2D eigenvalue weighted by atomic mass is 79.9. The van der Waals surface area contributed by atoms with Crippen LogP contribution in [0.2, 0.25) is 0 Å². The molecule has 38 heavy (non-hydrogen) atoms. The second kappa shape index (κ2) is 12.4. The van der Waals surface area contributed by atoms with Crippen LogP contribution in [0.1, 0.15) is 58.2 Å². The van der Waals surface area contributed by atoms with E-state index in [1.807, 2.05) is 61.3 Å². The van der Waals surface area contributed by atoms with Crippen molar-refractivity contribution >= 4 is 45.9 Å². The van der Waals surface area contributed by atoms with E-state index in [2.05, 4.69) is 26.1 Å². The van der Waals surface area contributed by atoms with Crippen LogP contribution in [0.5, 0.6) is 0 Å². The second-order valence-corrected chi connectivity index (χ2v) is 10.5. The number of ether oxygens (including phenoxy) is 1. The topological polar surface area (TPSA) is 113 Å². The largest absolute Gasteiger partial charge is 0.377 e. The van der Waals surface area contributed by atoms with Crippen molar-refractivity contribution in [3.8, 4) is 6.07 Å². The van der Waals surface area contributed by atoms with Crippen molar-refractivity contribution in [2.24, 2.45) is 0 Å². The number of amides is 1. The lowest BCUT2D eigenvalue weighted by Crippen LogP contribution is -2.31. The maximum Gasteiger partial charge on any atom is 0.253 e. The van der Waals surface area contributed by atoms with Crippen LogP contribution in [0.25, 0.3) is 0 Å². The smallest absolute Gasteiger partial charge is 0.253 e. The second-order valence-electron chi connectivity index (χ2n) is 10.5. The summed E-state index contributed by atoms with van der Waals surface area (Å²) >= 11 is 0. The highest BCUT2D eigenvalue weighted by Crippen LogP contribution is 2.32. The Labute approximate surface area is 235 Å². The molecular formula is C28H37BrN6O3. The summed E-state index contributed by atoms with van der Waals surface area (Å²) in [5.74, 6) is -0.0909. The third-order valence-corrected chi connectivity index (χ3v) is 6.44. The summed E-state index contributed by atoms with van der Waals surface area (Å²) in [4.78, 5) is 31.4. The van der Waals surface area contributed by atoms with Crippen LogP contribution in [0.15, 0.2) is 30.3 Å². The molecule has 1 heterocycles. The van der Waals surface area contributed by atoms with E-state index in [4.69, 9.17) is 15.4 Å². The number of nitrogens with one attached hydrogen (secondary N) is 2. The Bertz CT molecular complexity index is 1260. The van der Waals surface area contributed by atoms with Gasteiger partial charge < -0.3 is 24.8 Å². The quantitative estimate of drug-likeness (QED) is 0.261. The standard InChI is InChI=1S/C28H36N6O3.BrH/c1-28(2,3)20-10-18(11-21(13-20)33(7)17-37-9-8-29)25(35)16-34-15-19-12-24(32(5)6)23(27(36)31-4)14-22(19)26(34)30;/h10-14,30H,9,15-17H2,1-7H3,(H,31,36);1H. The van der Waals surface area contributed by atoms with Crippen molar-refractivity contribution in [3.05, 3.63) is 58.1 Å². The number of ketones is 1. The molecule has 1 amide bonds. The van der Waals surface area contributed by atoms with Crippen LogP contribution in [-0.2, 0) is 16.7 Å². The van der Waals surface area contributed by atoms with E-state index in [1.165, 1.54) is 0 Å². The molecule has 0 spiro atoms. The van der Waals surface area contributed by atoms with Crippen LogP contribution >= 0.6 is 17.0 Å². The molecule has 9 nitrogen and oxygen atoms in total. The Morgan fingerprint density at radius 3 is 2.42 bits per heavy atom. The number of nitriles is 1. The zero-order chi connectivity index (χ0) is 27.5. The molecule has 2 aromatic rings. The lowest BCUT2D eigenvalue weighted by molar-refractivity contribution is 0.0955. The lowest BCUT2D eigenvalue weighted by Gasteiger charge is -2.25. The summed E-state index contributed by atoms with van der Waals surface area (Å²) in [7, 11) is 7.18. The number of hydrogen-bond donors (Lipinski definition) is 2. The van der Waals surface area contributed by atoms with Crippen molar-refractivity contribution < 1.29 is 14.3 Å². The van der Waals surface area contributed by atoms with Crippen molar-refractivity contribution in [1.82, 2.24) is 10.2 Å². The number of nitrogens with zero attached hydrogens (tertiary/aromatic N) is 4. The molecule has 0 radical (unpaired) electrons. The number of carbonyl (C=O) groups is 2. The van der Waals surface area contributed by atoms with E-state index in [0.29, 0.717) is 23.2 Å². The van der Waals surface area contributed by atoms with Gasteiger partial charge in [0.25, 0.3) is 5.91 Å². The Kier molecular flexibility index (Phi) is 10.1. The molecule has 0 atom stereocenters. The SMILES string of the molecule is Br.CNC(=O)c1cc2c(cc1N(C)C)CN(CC(=O)c1cc(N(C)COCC#N)cc(C(C)(C)C)c1)C2=N. The molecular weight excluding hydrogens is 548 g/mol. The Hall–Kier alpha value is -3.42. The van der Waals surface area contributed by atoms with Crippen LogP contribution < -0.4 is 15.1 Å². The van der Waals surface area contributed by atoms with Gasteiger partial charge in [-0.15, -0.1) is 17.0 Å². The van der Waals surface area contributed by atoms with E-state index >= 15 is 0 Å². The van der Waals surface area contributed by atoms with Gasteiger partial charge in [0, 0.05) is 57.2 Å². The molecule has 204 valence electrons. The first-order valence-corrected chi connectivity index (χ1v) is 12.1. The molecule has 0 saturated carbocycles. The van der Waals surface area contributed by atoms with Gasteiger partial charge in [-0.25, -0.2) is 0 Å². The third-order valence-electron chi connectivity index (χ3n) is 6.44. The molecule has 2 aromatic carbocycles. The van der Waals surface area contributed by atoms with Gasteiger partial charge in [-0.05, 0) is 46.9 Å². The molecule has 0 unspecified atom stereocenters. The van der Waals surface area contributed by atoms with E-state index < -0.39 is 0 Å². The van der Waals surface area contributed by atoms with Crippen LogP contribution in [0.3, 0.4) is 0 Å². The number of Topliss-reactive ketones (excluding diaryl/α,β-unsaturated/α-hetero) is 1. The van der Waals surface area contributed by atoms with Gasteiger partial charge in [0.1, 0.15) is 19.2 Å². The fraction of sp³-hybridized carbons (Fsp3) is 0.429. The molecule has 0 saturated heterocycles. The van der Waals surface area contributed by atoms with Gasteiger partial charge in [-0.2, -0.15) is 5.26 Å². The number of amidine groups is 1. The number of rotatable bonds is 9. The molecule has 0 bridgehead atoms. The summed E-state index contributed by atoms with van der Waals surface area (Å²) in [5.41, 5.74) is 5.03. The maximum absolute atomic E-state index is 13.5. The number of halogens is 1. The molecule has 0 aromatic heterocycles. The van der Waals surface area contributed by atoms with Gasteiger partial charge in [0.15, 0.2) is 5.78 Å². The van der Waals surface area contributed by atoms with Gasteiger partial charge in [0.05, 0.1) is 18.2 Å². The highest BCUT2D eigenvalue weighted by Gasteiger charge is 2.29. The fourth-order valence-electron chi connectivity index (χ4n) is 4.25. The summed E-state index contributed by atoms with van der Waals surface area (Å²) in [6, 6.07) is 11.4. The average Bonchev–Trinajstić information content (AvgIpc) is 3.15. The Morgan fingerprint density at radius 1 is 1.16 bits per heavy atom. The Balaban J connectivity index is 0.00000507. The summed E-state index contributed by atoms with van der Waals surface area (Å²) in [6.07, 6.45) is 0. The normalized spacial score (nSPS) is 12.4. The van der Waals surface area contributed by atoms with Crippen molar-refractivity contribution in [1.29, 1.82) is 10.7 Å². The molecule has 0 aliphatic carbocycles. The number of hydrogen-bond acceptors (Lipinski definition) is 7. The minimum Gasteiger partial charge on any atom is -0.377 e. The first kappa shape index (κ1) is 30.8. The molecule has 10 heteroatoms. The monoisotopic (exact) mass is 584 g/mol. The number of benzene rings is 2. The first-order chi connectivity index (χ1) is 17.4. The molecule has 2 N–H and O–H groups in total. The van der Waals surface area contributed by atoms with E-state index in [-0.39, 0.29) is 59.8 Å². The van der Waals surface area contributed by atoms with Crippen molar-refractivity contribution in [2.45, 2.75) is 32.7 Å². The Morgan fingerprint density at radius 2 is 1.84 bits per heavy atom. The number of carbonyl (C=O) groups excluding carboxylic acids is 2. The number of fused-ring (bicyclic) bond motifs is 1. The predicted octanol–water partition coefficient (Wildman–Crippen LogP) is 3.95. The van der Waals surface area contributed by atoms with E-state index in [9.17, 15) is 9.59 Å². The zero-order valence-corrected chi connectivity index (χ0v) is 24.9. The first-order valence-electron chi connectivity index (χ1n) is 12.1. The molecule has 0 fully saturated rings. The van der Waals surface area contributed by atoms with Crippen LogP contribution in [0, 0.1) is 16.7 Å². The number of anilines is 2. The third kappa shape index (κ3) is 6.71. The van der Waals surface area contributed by atoms with Gasteiger partial charge in [0.2, 0.25) is 0 Å². The molecule has 1 aliphatic rings.